The number of nitrogen functional groups attached to an aromatic ring is 1. The average Bonchev–Trinajstić information content (AvgIpc) is 2.39. The topological polar surface area (TPSA) is 72.2 Å². The molecule has 0 fully saturated rings. The van der Waals surface area contributed by atoms with Gasteiger partial charge in [0.15, 0.2) is 0 Å². The Labute approximate surface area is 135 Å². The first-order valence-corrected chi connectivity index (χ1v) is 8.39. The fraction of sp³-hybridized carbons (Fsp3) is 0.0769. The van der Waals surface area contributed by atoms with Crippen LogP contribution in [0, 0.1) is 12.7 Å². The van der Waals surface area contributed by atoms with Crippen molar-refractivity contribution >= 4 is 48.9 Å². The summed E-state index contributed by atoms with van der Waals surface area (Å²) in [6, 6.07) is 7.03. The number of benzene rings is 2. The fourth-order valence-electron chi connectivity index (χ4n) is 1.70. The normalized spacial score (nSPS) is 11.4. The van der Waals surface area contributed by atoms with E-state index < -0.39 is 15.8 Å². The van der Waals surface area contributed by atoms with E-state index >= 15 is 0 Å². The minimum Gasteiger partial charge on any atom is -0.396 e. The maximum atomic E-state index is 13.5. The second-order valence-corrected chi connectivity index (χ2v) is 7.38. The van der Waals surface area contributed by atoms with Gasteiger partial charge in [0.2, 0.25) is 0 Å². The zero-order valence-corrected chi connectivity index (χ0v) is 14.0. The van der Waals surface area contributed by atoms with Crippen LogP contribution in [0.1, 0.15) is 5.56 Å². The van der Waals surface area contributed by atoms with Crippen molar-refractivity contribution in [1.29, 1.82) is 0 Å². The van der Waals surface area contributed by atoms with Gasteiger partial charge in [-0.3, -0.25) is 4.72 Å². The highest BCUT2D eigenvalue weighted by Crippen LogP contribution is 2.29. The van der Waals surface area contributed by atoms with Crippen LogP contribution in [-0.2, 0) is 10.0 Å². The minimum absolute atomic E-state index is 0.130. The highest BCUT2D eigenvalue weighted by Gasteiger charge is 2.18. The summed E-state index contributed by atoms with van der Waals surface area (Å²) >= 11 is 9.17. The molecule has 2 aromatic rings. The Morgan fingerprint density at radius 2 is 1.95 bits per heavy atom. The van der Waals surface area contributed by atoms with Gasteiger partial charge in [0.25, 0.3) is 10.0 Å². The van der Waals surface area contributed by atoms with Crippen LogP contribution in [-0.4, -0.2) is 8.42 Å². The van der Waals surface area contributed by atoms with Gasteiger partial charge in [0.05, 0.1) is 21.3 Å². The van der Waals surface area contributed by atoms with Crippen molar-refractivity contribution in [2.24, 2.45) is 0 Å². The highest BCUT2D eigenvalue weighted by molar-refractivity contribution is 9.10. The van der Waals surface area contributed by atoms with Crippen LogP contribution >= 0.6 is 27.5 Å². The lowest BCUT2D eigenvalue weighted by Gasteiger charge is -2.12. The van der Waals surface area contributed by atoms with E-state index in [0.717, 1.165) is 6.07 Å². The zero-order valence-electron chi connectivity index (χ0n) is 10.8. The largest absolute Gasteiger partial charge is 0.396 e. The molecule has 0 aliphatic heterocycles. The molecule has 0 aliphatic carbocycles. The van der Waals surface area contributed by atoms with Gasteiger partial charge in [-0.15, -0.1) is 0 Å². The molecule has 0 saturated heterocycles. The maximum absolute atomic E-state index is 13.5. The molecule has 0 heterocycles. The Morgan fingerprint density at radius 3 is 2.57 bits per heavy atom. The van der Waals surface area contributed by atoms with E-state index in [0.29, 0.717) is 4.47 Å². The third-order valence-corrected chi connectivity index (χ3v) is 4.91. The molecule has 0 saturated carbocycles. The number of hydrogen-bond acceptors (Lipinski definition) is 3. The van der Waals surface area contributed by atoms with Gasteiger partial charge in [-0.05, 0) is 42.8 Å². The third-order valence-electron chi connectivity index (χ3n) is 2.74. The molecule has 0 amide bonds. The van der Waals surface area contributed by atoms with Crippen LogP contribution in [0.5, 0.6) is 0 Å². The van der Waals surface area contributed by atoms with E-state index in [9.17, 15) is 12.8 Å². The molecule has 21 heavy (non-hydrogen) atoms. The lowest BCUT2D eigenvalue weighted by Crippen LogP contribution is -2.14. The second-order valence-electron chi connectivity index (χ2n) is 4.37. The molecule has 112 valence electrons. The molecule has 0 unspecified atom stereocenters. The molecule has 8 heteroatoms. The Morgan fingerprint density at radius 1 is 1.29 bits per heavy atom. The summed E-state index contributed by atoms with van der Waals surface area (Å²) in [5.74, 6) is -0.630. The number of hydrogen-bond donors (Lipinski definition) is 2. The van der Waals surface area contributed by atoms with Crippen molar-refractivity contribution in [3.63, 3.8) is 0 Å². The number of halogens is 3. The Bertz CT molecular complexity index is 789. The fourth-order valence-corrected chi connectivity index (χ4v) is 3.47. The monoisotopic (exact) mass is 392 g/mol. The van der Waals surface area contributed by atoms with Crippen molar-refractivity contribution in [1.82, 2.24) is 0 Å². The SMILES string of the molecule is Cc1cc(S(=O)(=O)Nc2cc(Br)ccc2Cl)cc(N)c1F. The van der Waals surface area contributed by atoms with E-state index in [2.05, 4.69) is 20.7 Å². The van der Waals surface area contributed by atoms with E-state index in [1.807, 2.05) is 0 Å². The third kappa shape index (κ3) is 3.48. The van der Waals surface area contributed by atoms with Gasteiger partial charge in [0, 0.05) is 4.47 Å². The molecule has 2 aromatic carbocycles. The number of nitrogens with two attached hydrogens (primary N) is 1. The molecular formula is C13H11BrClFN2O2S. The van der Waals surface area contributed by atoms with Gasteiger partial charge in [-0.25, -0.2) is 12.8 Å². The van der Waals surface area contributed by atoms with E-state index in [1.54, 1.807) is 12.1 Å². The van der Waals surface area contributed by atoms with Crippen LogP contribution in [0.3, 0.4) is 0 Å². The second kappa shape index (κ2) is 5.82. The lowest BCUT2D eigenvalue weighted by atomic mass is 10.2. The molecule has 3 N–H and O–H groups in total. The van der Waals surface area contributed by atoms with E-state index in [-0.39, 0.29) is 26.9 Å². The van der Waals surface area contributed by atoms with Crippen molar-refractivity contribution in [2.75, 3.05) is 10.5 Å². The summed E-state index contributed by atoms with van der Waals surface area (Å²) in [7, 11) is -3.92. The van der Waals surface area contributed by atoms with Gasteiger partial charge < -0.3 is 5.73 Å². The van der Waals surface area contributed by atoms with Crippen LogP contribution < -0.4 is 10.5 Å². The van der Waals surface area contributed by atoms with Gasteiger partial charge in [-0.2, -0.15) is 0 Å². The van der Waals surface area contributed by atoms with Crippen LogP contribution in [0.15, 0.2) is 39.7 Å². The highest BCUT2D eigenvalue weighted by atomic mass is 79.9. The first kappa shape index (κ1) is 16.1. The lowest BCUT2D eigenvalue weighted by molar-refractivity contribution is 0.599. The molecule has 0 aromatic heterocycles. The predicted octanol–water partition coefficient (Wildman–Crippen LogP) is 3.93. The van der Waals surface area contributed by atoms with E-state index in [4.69, 9.17) is 17.3 Å². The van der Waals surface area contributed by atoms with E-state index in [1.165, 1.54) is 19.1 Å². The number of sulfonamides is 1. The molecule has 0 radical (unpaired) electrons. The molecule has 0 spiro atoms. The average molecular weight is 394 g/mol. The molecule has 4 nitrogen and oxygen atoms in total. The summed E-state index contributed by atoms with van der Waals surface area (Å²) < 4.78 is 41.1. The standard InChI is InChI=1S/C13H11BrClFN2O2S/c1-7-4-9(6-11(17)13(7)16)21(19,20)18-12-5-8(14)2-3-10(12)15/h2-6,18H,17H2,1H3. The summed E-state index contributed by atoms with van der Waals surface area (Å²) in [6.07, 6.45) is 0. The number of aryl methyl sites for hydroxylation is 1. The van der Waals surface area contributed by atoms with Crippen molar-refractivity contribution < 1.29 is 12.8 Å². The summed E-state index contributed by atoms with van der Waals surface area (Å²) in [5.41, 5.74) is 5.60. The first-order chi connectivity index (χ1) is 9.70. The summed E-state index contributed by atoms with van der Waals surface area (Å²) in [6.45, 7) is 1.44. The predicted molar refractivity (Wildman–Crippen MR) is 85.5 cm³/mol. The zero-order chi connectivity index (χ0) is 15.8. The van der Waals surface area contributed by atoms with Crippen molar-refractivity contribution in [3.8, 4) is 0 Å². The van der Waals surface area contributed by atoms with Crippen molar-refractivity contribution in [3.05, 3.63) is 51.2 Å². The number of rotatable bonds is 3. The smallest absolute Gasteiger partial charge is 0.262 e. The van der Waals surface area contributed by atoms with Crippen LogP contribution in [0.4, 0.5) is 15.8 Å². The van der Waals surface area contributed by atoms with Crippen LogP contribution in [0.2, 0.25) is 5.02 Å². The van der Waals surface area contributed by atoms with Gasteiger partial charge in [-0.1, -0.05) is 27.5 Å². The quantitative estimate of drug-likeness (QED) is 0.776. The summed E-state index contributed by atoms with van der Waals surface area (Å²) in [4.78, 5) is -0.130. The summed E-state index contributed by atoms with van der Waals surface area (Å²) in [5, 5.41) is 0.244. The minimum atomic E-state index is -3.92. The molecule has 0 aliphatic rings. The molecular weight excluding hydrogens is 383 g/mol. The Hall–Kier alpha value is -1.31. The first-order valence-electron chi connectivity index (χ1n) is 5.74. The Kier molecular flexibility index (Phi) is 4.46. The maximum Gasteiger partial charge on any atom is 0.262 e. The van der Waals surface area contributed by atoms with Crippen molar-refractivity contribution in [2.45, 2.75) is 11.8 Å². The molecule has 0 bridgehead atoms. The number of anilines is 2. The van der Waals surface area contributed by atoms with Gasteiger partial charge >= 0.3 is 0 Å². The molecule has 2 rings (SSSR count). The Balaban J connectivity index is 2.46. The molecule has 0 atom stereocenters. The van der Waals surface area contributed by atoms with Crippen LogP contribution in [0.25, 0.3) is 0 Å². The number of nitrogens with one attached hydrogen (secondary N) is 1. The van der Waals surface area contributed by atoms with Gasteiger partial charge in [0.1, 0.15) is 5.82 Å².